The SMILES string of the molecule is O=C(Nc1ccccc1F)N1CCN(c2ccccc2Oc2ccccc2)CC1. The van der Waals surface area contributed by atoms with Crippen molar-refractivity contribution in [2.45, 2.75) is 0 Å². The van der Waals surface area contributed by atoms with Gasteiger partial charge in [-0.2, -0.15) is 0 Å². The third-order valence-corrected chi connectivity index (χ3v) is 4.86. The van der Waals surface area contributed by atoms with Crippen molar-refractivity contribution in [3.05, 3.63) is 84.7 Å². The molecule has 1 N–H and O–H groups in total. The van der Waals surface area contributed by atoms with E-state index in [-0.39, 0.29) is 11.7 Å². The molecule has 29 heavy (non-hydrogen) atoms. The van der Waals surface area contributed by atoms with Gasteiger partial charge in [0.1, 0.15) is 11.6 Å². The van der Waals surface area contributed by atoms with Gasteiger partial charge in [0.25, 0.3) is 0 Å². The lowest BCUT2D eigenvalue weighted by molar-refractivity contribution is 0.208. The molecule has 1 heterocycles. The van der Waals surface area contributed by atoms with Gasteiger partial charge in [-0.3, -0.25) is 0 Å². The van der Waals surface area contributed by atoms with Crippen molar-refractivity contribution in [2.24, 2.45) is 0 Å². The summed E-state index contributed by atoms with van der Waals surface area (Å²) in [5.74, 6) is 1.12. The van der Waals surface area contributed by atoms with E-state index in [4.69, 9.17) is 4.74 Å². The van der Waals surface area contributed by atoms with Crippen LogP contribution in [0.15, 0.2) is 78.9 Å². The Kier molecular flexibility index (Phi) is 5.61. The maximum absolute atomic E-state index is 13.8. The smallest absolute Gasteiger partial charge is 0.322 e. The van der Waals surface area contributed by atoms with Crippen LogP contribution in [0.2, 0.25) is 0 Å². The van der Waals surface area contributed by atoms with Crippen LogP contribution in [0.5, 0.6) is 11.5 Å². The van der Waals surface area contributed by atoms with Gasteiger partial charge in [0.05, 0.1) is 11.4 Å². The molecule has 0 bridgehead atoms. The molecule has 0 spiro atoms. The summed E-state index contributed by atoms with van der Waals surface area (Å²) in [5, 5.41) is 2.65. The van der Waals surface area contributed by atoms with Crippen molar-refractivity contribution in [3.8, 4) is 11.5 Å². The van der Waals surface area contributed by atoms with E-state index < -0.39 is 5.82 Å². The molecule has 0 aliphatic carbocycles. The molecular formula is C23H22FN3O2. The number of ether oxygens (including phenoxy) is 1. The van der Waals surface area contributed by atoms with Crippen LogP contribution in [-0.2, 0) is 0 Å². The molecule has 3 aromatic rings. The lowest BCUT2D eigenvalue weighted by Gasteiger charge is -2.36. The molecule has 1 aliphatic rings. The minimum atomic E-state index is -0.438. The Morgan fingerprint density at radius 1 is 0.828 bits per heavy atom. The largest absolute Gasteiger partial charge is 0.455 e. The number of rotatable bonds is 4. The first-order valence-electron chi connectivity index (χ1n) is 9.58. The van der Waals surface area contributed by atoms with Crippen molar-refractivity contribution < 1.29 is 13.9 Å². The van der Waals surface area contributed by atoms with Gasteiger partial charge in [-0.15, -0.1) is 0 Å². The summed E-state index contributed by atoms with van der Waals surface area (Å²) < 4.78 is 19.8. The highest BCUT2D eigenvalue weighted by Gasteiger charge is 2.23. The molecule has 1 aliphatic heterocycles. The number of piperazine rings is 1. The van der Waals surface area contributed by atoms with Gasteiger partial charge in [-0.25, -0.2) is 9.18 Å². The van der Waals surface area contributed by atoms with E-state index in [1.165, 1.54) is 6.07 Å². The van der Waals surface area contributed by atoms with Gasteiger partial charge in [0.2, 0.25) is 0 Å². The van der Waals surface area contributed by atoms with E-state index in [0.717, 1.165) is 17.2 Å². The van der Waals surface area contributed by atoms with Crippen LogP contribution in [0.25, 0.3) is 0 Å². The van der Waals surface area contributed by atoms with E-state index in [1.807, 2.05) is 54.6 Å². The van der Waals surface area contributed by atoms with E-state index >= 15 is 0 Å². The fraction of sp³-hybridized carbons (Fsp3) is 0.174. The van der Waals surface area contributed by atoms with E-state index in [2.05, 4.69) is 10.2 Å². The quantitative estimate of drug-likeness (QED) is 0.683. The number of nitrogens with one attached hydrogen (secondary N) is 1. The van der Waals surface area contributed by atoms with Gasteiger partial charge in [-0.05, 0) is 36.4 Å². The summed E-state index contributed by atoms with van der Waals surface area (Å²) in [6, 6.07) is 23.4. The van der Waals surface area contributed by atoms with Crippen molar-refractivity contribution in [3.63, 3.8) is 0 Å². The maximum atomic E-state index is 13.8. The van der Waals surface area contributed by atoms with Crippen molar-refractivity contribution in [1.82, 2.24) is 4.90 Å². The summed E-state index contributed by atoms with van der Waals surface area (Å²) >= 11 is 0. The summed E-state index contributed by atoms with van der Waals surface area (Å²) in [6.45, 7) is 2.42. The van der Waals surface area contributed by atoms with E-state index in [9.17, 15) is 9.18 Å². The van der Waals surface area contributed by atoms with Gasteiger partial charge < -0.3 is 19.9 Å². The lowest BCUT2D eigenvalue weighted by atomic mass is 10.2. The van der Waals surface area contributed by atoms with Crippen LogP contribution >= 0.6 is 0 Å². The average Bonchev–Trinajstić information content (AvgIpc) is 2.77. The second kappa shape index (κ2) is 8.65. The second-order valence-electron chi connectivity index (χ2n) is 6.77. The molecule has 148 valence electrons. The number of hydrogen-bond donors (Lipinski definition) is 1. The van der Waals surface area contributed by atoms with Crippen LogP contribution in [0, 0.1) is 5.82 Å². The number of anilines is 2. The van der Waals surface area contributed by atoms with Crippen LogP contribution in [0.1, 0.15) is 0 Å². The number of carbonyl (C=O) groups excluding carboxylic acids is 1. The topological polar surface area (TPSA) is 44.8 Å². The van der Waals surface area contributed by atoms with Gasteiger partial charge in [-0.1, -0.05) is 42.5 Å². The Bertz CT molecular complexity index is 973. The van der Waals surface area contributed by atoms with Crippen LogP contribution in [-0.4, -0.2) is 37.1 Å². The lowest BCUT2D eigenvalue weighted by Crippen LogP contribution is -2.50. The number of amides is 2. The normalized spacial score (nSPS) is 13.8. The first kappa shape index (κ1) is 18.8. The molecule has 2 amide bonds. The van der Waals surface area contributed by atoms with Crippen molar-refractivity contribution in [2.75, 3.05) is 36.4 Å². The van der Waals surface area contributed by atoms with Crippen molar-refractivity contribution in [1.29, 1.82) is 0 Å². The standard InChI is InChI=1S/C23H22FN3O2/c24-19-10-4-5-11-20(19)25-23(28)27-16-14-26(15-17-27)21-12-6-7-13-22(21)29-18-8-2-1-3-9-18/h1-13H,14-17H2,(H,25,28). The van der Waals surface area contributed by atoms with Gasteiger partial charge in [0, 0.05) is 26.2 Å². The summed E-state index contributed by atoms with van der Waals surface area (Å²) in [4.78, 5) is 16.4. The average molecular weight is 391 g/mol. The van der Waals surface area contributed by atoms with Crippen LogP contribution < -0.4 is 15.0 Å². The zero-order chi connectivity index (χ0) is 20.1. The molecule has 0 atom stereocenters. The Morgan fingerprint density at radius 2 is 1.48 bits per heavy atom. The molecule has 1 saturated heterocycles. The fourth-order valence-corrected chi connectivity index (χ4v) is 3.33. The predicted octanol–water partition coefficient (Wildman–Crippen LogP) is 4.97. The Morgan fingerprint density at radius 3 is 2.24 bits per heavy atom. The van der Waals surface area contributed by atoms with E-state index in [1.54, 1.807) is 23.1 Å². The molecule has 5 nitrogen and oxygen atoms in total. The number of halogens is 1. The molecule has 0 radical (unpaired) electrons. The highest BCUT2D eigenvalue weighted by molar-refractivity contribution is 5.89. The molecule has 0 saturated carbocycles. The fourth-order valence-electron chi connectivity index (χ4n) is 3.33. The Labute approximate surface area is 169 Å². The Hall–Kier alpha value is -3.54. The predicted molar refractivity (Wildman–Crippen MR) is 112 cm³/mol. The minimum Gasteiger partial charge on any atom is -0.455 e. The maximum Gasteiger partial charge on any atom is 0.322 e. The van der Waals surface area contributed by atoms with Gasteiger partial charge in [0.15, 0.2) is 5.75 Å². The number of benzene rings is 3. The molecule has 0 unspecified atom stereocenters. The number of hydrogen-bond acceptors (Lipinski definition) is 3. The summed E-state index contributed by atoms with van der Waals surface area (Å²) in [7, 11) is 0. The second-order valence-corrected chi connectivity index (χ2v) is 6.77. The number of carbonyl (C=O) groups is 1. The van der Waals surface area contributed by atoms with Crippen LogP contribution in [0.4, 0.5) is 20.6 Å². The molecule has 4 rings (SSSR count). The van der Waals surface area contributed by atoms with E-state index in [0.29, 0.717) is 26.2 Å². The third-order valence-electron chi connectivity index (χ3n) is 4.86. The zero-order valence-electron chi connectivity index (χ0n) is 15.9. The van der Waals surface area contributed by atoms with Gasteiger partial charge >= 0.3 is 6.03 Å². The first-order chi connectivity index (χ1) is 14.2. The monoisotopic (exact) mass is 391 g/mol. The third kappa shape index (κ3) is 4.48. The number of nitrogens with zero attached hydrogens (tertiary/aromatic N) is 2. The number of urea groups is 1. The molecule has 0 aromatic heterocycles. The summed E-state index contributed by atoms with van der Waals surface area (Å²) in [6.07, 6.45) is 0. The first-order valence-corrected chi connectivity index (χ1v) is 9.58. The summed E-state index contributed by atoms with van der Waals surface area (Å²) in [5.41, 5.74) is 1.19. The highest BCUT2D eigenvalue weighted by atomic mass is 19.1. The number of para-hydroxylation sites is 4. The zero-order valence-corrected chi connectivity index (χ0v) is 15.9. The molecule has 3 aromatic carbocycles. The minimum absolute atomic E-state index is 0.196. The van der Waals surface area contributed by atoms with Crippen LogP contribution in [0.3, 0.4) is 0 Å². The molecular weight excluding hydrogens is 369 g/mol. The molecule has 6 heteroatoms. The Balaban J connectivity index is 1.40. The highest BCUT2D eigenvalue weighted by Crippen LogP contribution is 2.32. The van der Waals surface area contributed by atoms with Crippen molar-refractivity contribution >= 4 is 17.4 Å². The molecule has 1 fully saturated rings.